The second-order valence-corrected chi connectivity index (χ2v) is 5.13. The molecule has 2 aliphatic rings. The molecule has 4 nitrogen and oxygen atoms in total. The summed E-state index contributed by atoms with van der Waals surface area (Å²) < 4.78 is 0. The van der Waals surface area contributed by atoms with Crippen molar-refractivity contribution in [1.82, 2.24) is 15.3 Å². The smallest absolute Gasteiger partial charge is 0.224 e. The summed E-state index contributed by atoms with van der Waals surface area (Å²) in [4.78, 5) is 8.73. The molecule has 17 heavy (non-hydrogen) atoms. The topological polar surface area (TPSA) is 49.8 Å². The monoisotopic (exact) mass is 252 g/mol. The third kappa shape index (κ3) is 2.38. The fourth-order valence-electron chi connectivity index (χ4n) is 2.38. The molecule has 1 fully saturated rings. The number of nitrogens with zero attached hydrogens (tertiary/aromatic N) is 2. The Morgan fingerprint density at radius 3 is 2.76 bits per heavy atom. The number of anilines is 1. The third-order valence-electron chi connectivity index (χ3n) is 3.60. The molecule has 0 unspecified atom stereocenters. The molecule has 0 spiro atoms. The van der Waals surface area contributed by atoms with Crippen LogP contribution < -0.4 is 10.6 Å². The van der Waals surface area contributed by atoms with Gasteiger partial charge in [-0.25, -0.2) is 9.97 Å². The molecule has 3 rings (SSSR count). The Hall–Kier alpha value is -0.870. The highest BCUT2D eigenvalue weighted by atomic mass is 35.5. The molecule has 1 aliphatic heterocycles. The molecule has 0 atom stereocenters. The number of halogens is 1. The van der Waals surface area contributed by atoms with Crippen LogP contribution >= 0.6 is 11.6 Å². The Bertz CT molecular complexity index is 417. The van der Waals surface area contributed by atoms with Crippen LogP contribution in [0, 0.1) is 0 Å². The van der Waals surface area contributed by atoms with Crippen LogP contribution in [-0.4, -0.2) is 29.1 Å². The van der Waals surface area contributed by atoms with Gasteiger partial charge in [-0.3, -0.25) is 0 Å². The minimum atomic E-state index is 0.368. The Labute approximate surface area is 106 Å². The highest BCUT2D eigenvalue weighted by molar-refractivity contribution is 6.28. The SMILES string of the molecule is Clc1nc2c(c(NC3CCC3)n1)CCNCC2. The van der Waals surface area contributed by atoms with Gasteiger partial charge >= 0.3 is 0 Å². The first-order valence-corrected chi connectivity index (χ1v) is 6.73. The van der Waals surface area contributed by atoms with Gasteiger partial charge in [-0.2, -0.15) is 0 Å². The summed E-state index contributed by atoms with van der Waals surface area (Å²) in [6, 6.07) is 0.585. The first-order valence-electron chi connectivity index (χ1n) is 6.35. The van der Waals surface area contributed by atoms with Gasteiger partial charge in [0.15, 0.2) is 0 Å². The fraction of sp³-hybridized carbons (Fsp3) is 0.667. The van der Waals surface area contributed by atoms with Crippen LogP contribution in [0.3, 0.4) is 0 Å². The molecule has 1 saturated carbocycles. The number of aromatic nitrogens is 2. The minimum Gasteiger partial charge on any atom is -0.367 e. The number of hydrogen-bond acceptors (Lipinski definition) is 4. The molecule has 2 heterocycles. The number of fused-ring (bicyclic) bond motifs is 1. The Morgan fingerprint density at radius 2 is 2.00 bits per heavy atom. The molecule has 0 aromatic carbocycles. The van der Waals surface area contributed by atoms with Gasteiger partial charge < -0.3 is 10.6 Å². The molecule has 0 saturated heterocycles. The van der Waals surface area contributed by atoms with Crippen LogP contribution in [0.4, 0.5) is 5.82 Å². The van der Waals surface area contributed by atoms with E-state index < -0.39 is 0 Å². The Morgan fingerprint density at radius 1 is 1.18 bits per heavy atom. The van der Waals surface area contributed by atoms with Crippen LogP contribution in [0.1, 0.15) is 30.5 Å². The zero-order valence-corrected chi connectivity index (χ0v) is 10.6. The van der Waals surface area contributed by atoms with Crippen molar-refractivity contribution in [3.63, 3.8) is 0 Å². The van der Waals surface area contributed by atoms with E-state index in [1.165, 1.54) is 24.8 Å². The quantitative estimate of drug-likeness (QED) is 0.788. The van der Waals surface area contributed by atoms with Crippen LogP contribution in [0.15, 0.2) is 0 Å². The van der Waals surface area contributed by atoms with Gasteiger partial charge in [0, 0.05) is 24.6 Å². The Kier molecular flexibility index (Phi) is 3.16. The summed E-state index contributed by atoms with van der Waals surface area (Å²) in [7, 11) is 0. The Balaban J connectivity index is 1.91. The molecule has 2 N–H and O–H groups in total. The van der Waals surface area contributed by atoms with Gasteiger partial charge in [-0.15, -0.1) is 0 Å². The van der Waals surface area contributed by atoms with Gasteiger partial charge in [0.2, 0.25) is 5.28 Å². The summed E-state index contributed by atoms with van der Waals surface area (Å²) in [5, 5.41) is 7.26. The summed E-state index contributed by atoms with van der Waals surface area (Å²) in [5.74, 6) is 0.966. The predicted molar refractivity (Wildman–Crippen MR) is 68.6 cm³/mol. The first-order chi connectivity index (χ1) is 8.33. The van der Waals surface area contributed by atoms with E-state index in [2.05, 4.69) is 20.6 Å². The van der Waals surface area contributed by atoms with Crippen molar-refractivity contribution in [1.29, 1.82) is 0 Å². The summed E-state index contributed by atoms with van der Waals surface area (Å²) in [6.07, 6.45) is 5.74. The van der Waals surface area contributed by atoms with Gasteiger partial charge in [-0.1, -0.05) is 0 Å². The van der Waals surface area contributed by atoms with E-state index in [0.717, 1.165) is 37.4 Å². The van der Waals surface area contributed by atoms with Crippen LogP contribution in [0.25, 0.3) is 0 Å². The first kappa shape index (κ1) is 11.2. The molecule has 1 aromatic heterocycles. The van der Waals surface area contributed by atoms with Crippen molar-refractivity contribution in [3.8, 4) is 0 Å². The van der Waals surface area contributed by atoms with E-state index in [-0.39, 0.29) is 0 Å². The molecule has 0 amide bonds. The second-order valence-electron chi connectivity index (χ2n) is 4.79. The van der Waals surface area contributed by atoms with E-state index in [0.29, 0.717) is 11.3 Å². The zero-order chi connectivity index (χ0) is 11.7. The zero-order valence-electron chi connectivity index (χ0n) is 9.80. The standard InChI is InChI=1S/C12H17ClN4/c13-12-16-10-5-7-14-6-4-9(10)11(17-12)15-8-2-1-3-8/h8,14H,1-7H2,(H,15,16,17). The lowest BCUT2D eigenvalue weighted by Gasteiger charge is -2.28. The van der Waals surface area contributed by atoms with Gasteiger partial charge in [-0.05, 0) is 43.8 Å². The van der Waals surface area contributed by atoms with Crippen molar-refractivity contribution in [2.75, 3.05) is 18.4 Å². The number of hydrogen-bond donors (Lipinski definition) is 2. The van der Waals surface area contributed by atoms with E-state index >= 15 is 0 Å². The van der Waals surface area contributed by atoms with E-state index in [1.807, 2.05) is 0 Å². The second kappa shape index (κ2) is 4.78. The maximum absolute atomic E-state index is 6.00. The summed E-state index contributed by atoms with van der Waals surface area (Å²) in [6.45, 7) is 1.97. The van der Waals surface area contributed by atoms with E-state index in [1.54, 1.807) is 0 Å². The fourth-order valence-corrected chi connectivity index (χ4v) is 2.57. The average Bonchev–Trinajstić information content (AvgIpc) is 2.48. The largest absolute Gasteiger partial charge is 0.367 e. The van der Waals surface area contributed by atoms with E-state index in [4.69, 9.17) is 11.6 Å². The lowest BCUT2D eigenvalue weighted by atomic mass is 9.93. The molecular weight excluding hydrogens is 236 g/mol. The predicted octanol–water partition coefficient (Wildman–Crippen LogP) is 1.78. The molecule has 92 valence electrons. The van der Waals surface area contributed by atoms with E-state index in [9.17, 15) is 0 Å². The highest BCUT2D eigenvalue weighted by Crippen LogP contribution is 2.27. The van der Waals surface area contributed by atoms with Crippen molar-refractivity contribution in [3.05, 3.63) is 16.5 Å². The summed E-state index contributed by atoms with van der Waals surface area (Å²) in [5.41, 5.74) is 2.36. The van der Waals surface area contributed by atoms with Crippen LogP contribution in [-0.2, 0) is 12.8 Å². The normalized spacial score (nSPS) is 20.3. The average molecular weight is 253 g/mol. The van der Waals surface area contributed by atoms with Crippen LogP contribution in [0.2, 0.25) is 5.28 Å². The third-order valence-corrected chi connectivity index (χ3v) is 3.77. The lowest BCUT2D eigenvalue weighted by Crippen LogP contribution is -2.28. The van der Waals surface area contributed by atoms with Crippen molar-refractivity contribution in [2.24, 2.45) is 0 Å². The molecule has 1 aromatic rings. The number of rotatable bonds is 2. The molecule has 1 aliphatic carbocycles. The maximum Gasteiger partial charge on any atom is 0.224 e. The van der Waals surface area contributed by atoms with Crippen LogP contribution in [0.5, 0.6) is 0 Å². The van der Waals surface area contributed by atoms with Gasteiger partial charge in [0.05, 0.1) is 5.69 Å². The lowest BCUT2D eigenvalue weighted by molar-refractivity contribution is 0.444. The molecular formula is C12H17ClN4. The van der Waals surface area contributed by atoms with Crippen molar-refractivity contribution >= 4 is 17.4 Å². The molecule has 5 heteroatoms. The molecule has 0 radical (unpaired) electrons. The van der Waals surface area contributed by atoms with Gasteiger partial charge in [0.1, 0.15) is 5.82 Å². The van der Waals surface area contributed by atoms with Crippen molar-refractivity contribution in [2.45, 2.75) is 38.1 Å². The number of nitrogens with one attached hydrogen (secondary N) is 2. The minimum absolute atomic E-state index is 0.368. The highest BCUT2D eigenvalue weighted by Gasteiger charge is 2.21. The summed E-state index contributed by atoms with van der Waals surface area (Å²) >= 11 is 6.00. The van der Waals surface area contributed by atoms with Gasteiger partial charge in [0.25, 0.3) is 0 Å². The van der Waals surface area contributed by atoms with Crippen molar-refractivity contribution < 1.29 is 0 Å². The molecule has 0 bridgehead atoms. The maximum atomic E-state index is 6.00.